The van der Waals surface area contributed by atoms with Crippen LogP contribution in [0.3, 0.4) is 0 Å². The predicted molar refractivity (Wildman–Crippen MR) is 77.0 cm³/mol. The maximum atomic E-state index is 3.63. The molecule has 96 valence electrons. The second-order valence-corrected chi connectivity index (χ2v) is 5.69. The van der Waals surface area contributed by atoms with Gasteiger partial charge in [-0.3, -0.25) is 0 Å². The summed E-state index contributed by atoms with van der Waals surface area (Å²) in [5, 5.41) is 5.04. The number of hydrogen-bond acceptors (Lipinski definition) is 1. The van der Waals surface area contributed by atoms with Gasteiger partial charge in [0, 0.05) is 30.7 Å². The molecule has 0 spiro atoms. The Morgan fingerprint density at radius 2 is 1.89 bits per heavy atom. The summed E-state index contributed by atoms with van der Waals surface area (Å²) in [6.07, 6.45) is 2.70. The third-order valence-corrected chi connectivity index (χ3v) is 4.41. The highest BCUT2D eigenvalue weighted by atomic mass is 15.0. The van der Waals surface area contributed by atoms with Crippen molar-refractivity contribution in [2.45, 2.75) is 46.2 Å². The van der Waals surface area contributed by atoms with E-state index in [0.29, 0.717) is 0 Å². The molecular weight excluding hydrogens is 220 g/mol. The highest BCUT2D eigenvalue weighted by Gasteiger charge is 2.22. The number of benzene rings is 1. The molecule has 1 saturated carbocycles. The molecule has 1 aromatic heterocycles. The van der Waals surface area contributed by atoms with Crippen molar-refractivity contribution in [3.63, 3.8) is 0 Å². The third kappa shape index (κ3) is 1.76. The van der Waals surface area contributed by atoms with Crippen LogP contribution < -0.4 is 5.32 Å². The van der Waals surface area contributed by atoms with Crippen molar-refractivity contribution >= 4 is 10.9 Å². The molecule has 3 rings (SSSR count). The summed E-state index contributed by atoms with van der Waals surface area (Å²) in [6.45, 7) is 7.68. The summed E-state index contributed by atoms with van der Waals surface area (Å²) in [7, 11) is 2.20. The Hall–Kier alpha value is -1.28. The number of nitrogens with zero attached hydrogens (tertiary/aromatic N) is 1. The van der Waals surface area contributed by atoms with Gasteiger partial charge in [-0.25, -0.2) is 0 Å². The standard InChI is InChI=1S/C16H22N2/c1-10-5-8-14-12(3)15(9-17-13-6-7-13)18(4)16(14)11(10)2/h5,8,13,17H,6-7,9H2,1-4H3. The van der Waals surface area contributed by atoms with E-state index in [0.717, 1.165) is 12.6 Å². The molecule has 0 amide bonds. The van der Waals surface area contributed by atoms with E-state index in [1.807, 2.05) is 0 Å². The zero-order chi connectivity index (χ0) is 12.9. The molecule has 1 N–H and O–H groups in total. The van der Waals surface area contributed by atoms with Crippen molar-refractivity contribution in [2.24, 2.45) is 7.05 Å². The Morgan fingerprint density at radius 3 is 2.56 bits per heavy atom. The van der Waals surface area contributed by atoms with Gasteiger partial charge in [-0.1, -0.05) is 12.1 Å². The van der Waals surface area contributed by atoms with E-state index in [-0.39, 0.29) is 0 Å². The van der Waals surface area contributed by atoms with E-state index in [4.69, 9.17) is 0 Å². The second-order valence-electron chi connectivity index (χ2n) is 5.69. The summed E-state index contributed by atoms with van der Waals surface area (Å²) in [4.78, 5) is 0. The Balaban J connectivity index is 2.10. The van der Waals surface area contributed by atoms with Gasteiger partial charge in [0.2, 0.25) is 0 Å². The first-order valence-corrected chi connectivity index (χ1v) is 6.87. The van der Waals surface area contributed by atoms with E-state index in [1.165, 1.54) is 46.1 Å². The lowest BCUT2D eigenvalue weighted by Crippen LogP contribution is -2.18. The SMILES string of the molecule is Cc1ccc2c(C)c(CNC3CC3)n(C)c2c1C. The maximum absolute atomic E-state index is 3.63. The molecule has 1 aromatic carbocycles. The quantitative estimate of drug-likeness (QED) is 0.873. The van der Waals surface area contributed by atoms with Crippen LogP contribution in [0.1, 0.15) is 35.2 Å². The third-order valence-electron chi connectivity index (χ3n) is 4.41. The minimum Gasteiger partial charge on any atom is -0.346 e. The van der Waals surface area contributed by atoms with Crippen LogP contribution in [0.5, 0.6) is 0 Å². The summed E-state index contributed by atoms with van der Waals surface area (Å²) in [5.41, 5.74) is 7.06. The Labute approximate surface area is 109 Å². The van der Waals surface area contributed by atoms with Crippen molar-refractivity contribution < 1.29 is 0 Å². The van der Waals surface area contributed by atoms with Crippen LogP contribution in [0, 0.1) is 20.8 Å². The predicted octanol–water partition coefficient (Wildman–Crippen LogP) is 3.36. The number of aromatic nitrogens is 1. The topological polar surface area (TPSA) is 17.0 Å². The highest BCUT2D eigenvalue weighted by molar-refractivity contribution is 5.88. The number of rotatable bonds is 3. The van der Waals surface area contributed by atoms with Crippen LogP contribution in [0.4, 0.5) is 0 Å². The van der Waals surface area contributed by atoms with Crippen LogP contribution >= 0.6 is 0 Å². The lowest BCUT2D eigenvalue weighted by molar-refractivity contribution is 0.652. The number of nitrogens with one attached hydrogen (secondary N) is 1. The lowest BCUT2D eigenvalue weighted by Gasteiger charge is -2.08. The van der Waals surface area contributed by atoms with Crippen molar-refractivity contribution in [3.8, 4) is 0 Å². The average molecular weight is 242 g/mol. The van der Waals surface area contributed by atoms with Gasteiger partial charge in [-0.05, 0) is 50.3 Å². The Kier molecular flexibility index (Phi) is 2.70. The van der Waals surface area contributed by atoms with Crippen LogP contribution in [-0.4, -0.2) is 10.6 Å². The first-order chi connectivity index (χ1) is 8.59. The van der Waals surface area contributed by atoms with E-state index in [2.05, 4.69) is 49.8 Å². The molecule has 0 aliphatic heterocycles. The number of hydrogen-bond donors (Lipinski definition) is 1. The zero-order valence-corrected chi connectivity index (χ0v) is 11.8. The van der Waals surface area contributed by atoms with Gasteiger partial charge in [-0.15, -0.1) is 0 Å². The smallest absolute Gasteiger partial charge is 0.0515 e. The molecule has 0 saturated heterocycles. The van der Waals surface area contributed by atoms with Crippen molar-refractivity contribution in [2.75, 3.05) is 0 Å². The first-order valence-electron chi connectivity index (χ1n) is 6.87. The van der Waals surface area contributed by atoms with Crippen LogP contribution in [0.15, 0.2) is 12.1 Å². The molecule has 2 heteroatoms. The monoisotopic (exact) mass is 242 g/mol. The molecule has 1 heterocycles. The van der Waals surface area contributed by atoms with Gasteiger partial charge >= 0.3 is 0 Å². The number of aryl methyl sites for hydroxylation is 4. The molecule has 1 aliphatic rings. The summed E-state index contributed by atoms with van der Waals surface area (Å²) in [6, 6.07) is 5.28. The fraction of sp³-hybridized carbons (Fsp3) is 0.500. The van der Waals surface area contributed by atoms with Crippen molar-refractivity contribution in [1.82, 2.24) is 9.88 Å². The Bertz CT molecular complexity index is 603. The molecule has 1 fully saturated rings. The van der Waals surface area contributed by atoms with Gasteiger partial charge in [0.1, 0.15) is 0 Å². The van der Waals surface area contributed by atoms with Gasteiger partial charge in [0.05, 0.1) is 5.52 Å². The maximum Gasteiger partial charge on any atom is 0.0515 e. The summed E-state index contributed by atoms with van der Waals surface area (Å²) < 4.78 is 2.38. The van der Waals surface area contributed by atoms with Gasteiger partial charge in [0.25, 0.3) is 0 Å². The molecule has 0 radical (unpaired) electrons. The number of fused-ring (bicyclic) bond motifs is 1. The van der Waals surface area contributed by atoms with Gasteiger partial charge in [-0.2, -0.15) is 0 Å². The Morgan fingerprint density at radius 1 is 1.17 bits per heavy atom. The molecule has 2 aromatic rings. The van der Waals surface area contributed by atoms with E-state index in [9.17, 15) is 0 Å². The summed E-state index contributed by atoms with van der Waals surface area (Å²) in [5.74, 6) is 0. The molecule has 0 bridgehead atoms. The van der Waals surface area contributed by atoms with Gasteiger partial charge < -0.3 is 9.88 Å². The largest absolute Gasteiger partial charge is 0.346 e. The minimum atomic E-state index is 0.769. The zero-order valence-electron chi connectivity index (χ0n) is 11.8. The van der Waals surface area contributed by atoms with Crippen LogP contribution in [-0.2, 0) is 13.6 Å². The first kappa shape index (κ1) is 11.8. The van der Waals surface area contributed by atoms with E-state index < -0.39 is 0 Å². The van der Waals surface area contributed by atoms with E-state index >= 15 is 0 Å². The van der Waals surface area contributed by atoms with Crippen LogP contribution in [0.25, 0.3) is 10.9 Å². The molecule has 18 heavy (non-hydrogen) atoms. The second kappa shape index (κ2) is 4.13. The molecule has 2 nitrogen and oxygen atoms in total. The minimum absolute atomic E-state index is 0.769. The fourth-order valence-corrected chi connectivity index (χ4v) is 2.86. The normalized spacial score (nSPS) is 15.6. The van der Waals surface area contributed by atoms with E-state index in [1.54, 1.807) is 0 Å². The van der Waals surface area contributed by atoms with Crippen LogP contribution in [0.2, 0.25) is 0 Å². The highest BCUT2D eigenvalue weighted by Crippen LogP contribution is 2.29. The molecule has 1 aliphatic carbocycles. The fourth-order valence-electron chi connectivity index (χ4n) is 2.86. The lowest BCUT2D eigenvalue weighted by atomic mass is 10.0. The molecular formula is C16H22N2. The average Bonchev–Trinajstić information content (AvgIpc) is 3.12. The van der Waals surface area contributed by atoms with Crippen molar-refractivity contribution in [3.05, 3.63) is 34.5 Å². The summed E-state index contributed by atoms with van der Waals surface area (Å²) >= 11 is 0. The molecule has 0 unspecified atom stereocenters. The van der Waals surface area contributed by atoms with Crippen molar-refractivity contribution in [1.29, 1.82) is 0 Å². The molecule has 0 atom stereocenters. The van der Waals surface area contributed by atoms with Gasteiger partial charge in [0.15, 0.2) is 0 Å².